The highest BCUT2D eigenvalue weighted by Crippen LogP contribution is 2.32. The Hall–Kier alpha value is -2.12. The highest BCUT2D eigenvalue weighted by atomic mass is 16.5. The van der Waals surface area contributed by atoms with E-state index in [-0.39, 0.29) is 11.8 Å². The zero-order valence-electron chi connectivity index (χ0n) is 17.2. The van der Waals surface area contributed by atoms with E-state index in [1.165, 1.54) is 0 Å². The molecule has 0 amide bonds. The van der Waals surface area contributed by atoms with Crippen LogP contribution < -0.4 is 9.47 Å². The predicted octanol–water partition coefficient (Wildman–Crippen LogP) is 3.26. The smallest absolute Gasteiger partial charge is 0.306 e. The zero-order chi connectivity index (χ0) is 21.5. The van der Waals surface area contributed by atoms with Crippen molar-refractivity contribution in [3.8, 4) is 11.5 Å². The van der Waals surface area contributed by atoms with Gasteiger partial charge in [0, 0.05) is 5.92 Å². The van der Waals surface area contributed by atoms with Crippen LogP contribution in [0.2, 0.25) is 0 Å². The van der Waals surface area contributed by atoms with Crippen LogP contribution in [0.3, 0.4) is 0 Å². The van der Waals surface area contributed by atoms with Gasteiger partial charge >= 0.3 is 5.97 Å². The number of carbonyl (C=O) groups excluding carboxylic acids is 1. The van der Waals surface area contributed by atoms with E-state index < -0.39 is 12.3 Å². The molecule has 0 spiro atoms. The molecule has 0 heterocycles. The molecule has 0 atom stereocenters. The number of ether oxygens (including phenoxy) is 2. The van der Waals surface area contributed by atoms with Gasteiger partial charge in [0.25, 0.3) is 0 Å². The van der Waals surface area contributed by atoms with Crippen molar-refractivity contribution in [2.24, 2.45) is 23.7 Å². The van der Waals surface area contributed by atoms with Crippen molar-refractivity contribution in [1.82, 2.24) is 0 Å². The van der Waals surface area contributed by atoms with Crippen LogP contribution in [-0.2, 0) is 4.79 Å². The number of aldehydes is 1. The van der Waals surface area contributed by atoms with Gasteiger partial charge in [0.1, 0.15) is 11.5 Å². The molecule has 0 radical (unpaired) electrons. The summed E-state index contributed by atoms with van der Waals surface area (Å²) in [5.74, 6) is 0.830. The Labute approximate surface area is 177 Å². The molecular weight excluding hydrogens is 388 g/mol. The third-order valence-corrected chi connectivity index (χ3v) is 6.58. The van der Waals surface area contributed by atoms with Crippen LogP contribution in [0.5, 0.6) is 11.5 Å². The van der Waals surface area contributed by atoms with Gasteiger partial charge in [-0.05, 0) is 81.4 Å². The Morgan fingerprint density at radius 3 is 2.13 bits per heavy atom. The van der Waals surface area contributed by atoms with E-state index in [9.17, 15) is 19.8 Å². The van der Waals surface area contributed by atoms with Crippen LogP contribution in [0.1, 0.15) is 61.7 Å². The van der Waals surface area contributed by atoms with Gasteiger partial charge in [0.15, 0.2) is 12.6 Å². The first-order valence-electron chi connectivity index (χ1n) is 10.9. The highest BCUT2D eigenvalue weighted by Gasteiger charge is 2.27. The molecule has 3 N–H and O–H groups in total. The van der Waals surface area contributed by atoms with Crippen molar-refractivity contribution in [2.45, 2.75) is 57.7 Å². The molecule has 2 fully saturated rings. The Balaban J connectivity index is 1.45. The van der Waals surface area contributed by atoms with Crippen molar-refractivity contribution in [3.63, 3.8) is 0 Å². The Morgan fingerprint density at radius 1 is 0.967 bits per heavy atom. The average molecular weight is 421 g/mol. The second-order valence-electron chi connectivity index (χ2n) is 8.69. The minimum atomic E-state index is -1.24. The number of rotatable bonds is 9. The summed E-state index contributed by atoms with van der Waals surface area (Å²) < 4.78 is 11.7. The van der Waals surface area contributed by atoms with Gasteiger partial charge in [-0.2, -0.15) is 0 Å². The molecule has 0 aromatic heterocycles. The maximum Gasteiger partial charge on any atom is 0.306 e. The lowest BCUT2D eigenvalue weighted by molar-refractivity contribution is -0.143. The molecule has 2 saturated carbocycles. The first-order valence-corrected chi connectivity index (χ1v) is 10.9. The molecule has 2 aliphatic carbocycles. The van der Waals surface area contributed by atoms with Gasteiger partial charge in [-0.15, -0.1) is 0 Å². The number of aliphatic hydroxyl groups is 2. The van der Waals surface area contributed by atoms with E-state index in [0.717, 1.165) is 44.8 Å². The van der Waals surface area contributed by atoms with E-state index in [2.05, 4.69) is 0 Å². The standard InChI is InChI=1S/C23H32O7/c24-12-19-11-20(29-13-15-1-5-17(6-2-15)22(25)26)9-10-21(19)30-14-16-3-7-18(8-4-16)23(27)28/h9-12,15-18,23,27-28H,1-8,13-14H2,(H,25,26). The number of hydrogen-bond donors (Lipinski definition) is 3. The fourth-order valence-corrected chi connectivity index (χ4v) is 4.49. The van der Waals surface area contributed by atoms with E-state index in [1.807, 2.05) is 0 Å². The van der Waals surface area contributed by atoms with Crippen LogP contribution in [0.25, 0.3) is 0 Å². The molecule has 0 bridgehead atoms. The van der Waals surface area contributed by atoms with Gasteiger partial charge in [-0.3, -0.25) is 9.59 Å². The second-order valence-corrected chi connectivity index (χ2v) is 8.69. The SMILES string of the molecule is O=Cc1cc(OCC2CCC(C(=O)O)CC2)ccc1OCC1CCC(C(O)O)CC1. The summed E-state index contributed by atoms with van der Waals surface area (Å²) >= 11 is 0. The molecule has 7 heteroatoms. The largest absolute Gasteiger partial charge is 0.493 e. The lowest BCUT2D eigenvalue weighted by Crippen LogP contribution is -2.27. The number of aliphatic carboxylic acids is 1. The monoisotopic (exact) mass is 420 g/mol. The first kappa shape index (κ1) is 22.6. The fourth-order valence-electron chi connectivity index (χ4n) is 4.49. The second kappa shape index (κ2) is 10.8. The first-order chi connectivity index (χ1) is 14.5. The van der Waals surface area contributed by atoms with Crippen molar-refractivity contribution in [1.29, 1.82) is 0 Å². The van der Waals surface area contributed by atoms with E-state index >= 15 is 0 Å². The Morgan fingerprint density at radius 2 is 1.57 bits per heavy atom. The van der Waals surface area contributed by atoms with Gasteiger partial charge in [-0.1, -0.05) is 0 Å². The number of hydrogen-bond acceptors (Lipinski definition) is 6. The van der Waals surface area contributed by atoms with E-state index in [4.69, 9.17) is 14.6 Å². The quantitative estimate of drug-likeness (QED) is 0.415. The predicted molar refractivity (Wildman–Crippen MR) is 110 cm³/mol. The summed E-state index contributed by atoms with van der Waals surface area (Å²) in [6, 6.07) is 5.23. The lowest BCUT2D eigenvalue weighted by Gasteiger charge is -2.29. The summed E-state index contributed by atoms with van der Waals surface area (Å²) in [5.41, 5.74) is 0.446. The van der Waals surface area contributed by atoms with Gasteiger partial charge in [0.05, 0.1) is 24.7 Å². The maximum atomic E-state index is 11.5. The van der Waals surface area contributed by atoms with Gasteiger partial charge in [0.2, 0.25) is 0 Å². The topological polar surface area (TPSA) is 113 Å². The third-order valence-electron chi connectivity index (χ3n) is 6.58. The van der Waals surface area contributed by atoms with E-state index in [0.29, 0.717) is 55.0 Å². The maximum absolute atomic E-state index is 11.5. The molecule has 0 aliphatic heterocycles. The minimum Gasteiger partial charge on any atom is -0.493 e. The lowest BCUT2D eigenvalue weighted by atomic mass is 9.82. The van der Waals surface area contributed by atoms with Gasteiger partial charge < -0.3 is 24.8 Å². The summed E-state index contributed by atoms with van der Waals surface area (Å²) in [7, 11) is 0. The molecule has 30 heavy (non-hydrogen) atoms. The minimum absolute atomic E-state index is 0.0533. The van der Waals surface area contributed by atoms with Crippen molar-refractivity contribution in [2.75, 3.05) is 13.2 Å². The summed E-state index contributed by atoms with van der Waals surface area (Å²) in [6.45, 7) is 1.02. The molecule has 7 nitrogen and oxygen atoms in total. The Kier molecular flexibility index (Phi) is 8.10. The zero-order valence-corrected chi connectivity index (χ0v) is 17.2. The number of benzene rings is 1. The Bertz CT molecular complexity index is 702. The number of carboxylic acid groups (broad SMARTS) is 1. The average Bonchev–Trinajstić information content (AvgIpc) is 2.77. The van der Waals surface area contributed by atoms with Crippen LogP contribution >= 0.6 is 0 Å². The third kappa shape index (κ3) is 6.19. The number of carbonyl (C=O) groups is 2. The van der Waals surface area contributed by atoms with E-state index in [1.54, 1.807) is 18.2 Å². The number of carboxylic acids is 1. The fraction of sp³-hybridized carbons (Fsp3) is 0.652. The summed E-state index contributed by atoms with van der Waals surface area (Å²) in [6.07, 6.45) is 5.88. The van der Waals surface area contributed by atoms with Crippen LogP contribution in [0.15, 0.2) is 18.2 Å². The van der Waals surface area contributed by atoms with Crippen LogP contribution in [-0.4, -0.2) is 47.1 Å². The highest BCUT2D eigenvalue weighted by molar-refractivity contribution is 5.80. The van der Waals surface area contributed by atoms with Crippen molar-refractivity contribution >= 4 is 12.3 Å². The summed E-state index contributed by atoms with van der Waals surface area (Å²) in [5, 5.41) is 27.6. The molecule has 0 unspecified atom stereocenters. The van der Waals surface area contributed by atoms with Crippen LogP contribution in [0.4, 0.5) is 0 Å². The summed E-state index contributed by atoms with van der Waals surface area (Å²) in [4.78, 5) is 22.5. The molecule has 2 aliphatic rings. The van der Waals surface area contributed by atoms with Crippen molar-refractivity contribution < 1.29 is 34.4 Å². The van der Waals surface area contributed by atoms with Gasteiger partial charge in [-0.25, -0.2) is 0 Å². The molecule has 1 aromatic rings. The molecular formula is C23H32O7. The van der Waals surface area contributed by atoms with Crippen LogP contribution in [0, 0.1) is 23.7 Å². The molecule has 1 aromatic carbocycles. The number of aliphatic hydroxyl groups excluding tert-OH is 1. The molecule has 0 saturated heterocycles. The van der Waals surface area contributed by atoms with Crippen molar-refractivity contribution in [3.05, 3.63) is 23.8 Å². The normalized spacial score (nSPS) is 26.9. The molecule has 3 rings (SSSR count). The molecule has 166 valence electrons.